The van der Waals surface area contributed by atoms with Gasteiger partial charge in [0.15, 0.2) is 0 Å². The summed E-state index contributed by atoms with van der Waals surface area (Å²) >= 11 is 0. The van der Waals surface area contributed by atoms with Crippen LogP contribution in [0.2, 0.25) is 0 Å². The van der Waals surface area contributed by atoms with E-state index in [9.17, 15) is 22.8 Å². The largest absolute Gasteiger partial charge is 0.433 e. The van der Waals surface area contributed by atoms with Crippen molar-refractivity contribution < 1.29 is 22.8 Å². The highest BCUT2D eigenvalue weighted by Crippen LogP contribution is 2.32. The zero-order valence-corrected chi connectivity index (χ0v) is 15.9. The quantitative estimate of drug-likeness (QED) is 0.786. The number of carbonyl (C=O) groups excluding carboxylic acids is 2. The minimum absolute atomic E-state index is 0.00846. The summed E-state index contributed by atoms with van der Waals surface area (Å²) < 4.78 is 38.5. The Bertz CT molecular complexity index is 706. The van der Waals surface area contributed by atoms with Crippen molar-refractivity contribution in [3.8, 4) is 0 Å². The van der Waals surface area contributed by atoms with E-state index in [-0.39, 0.29) is 17.2 Å². The van der Waals surface area contributed by atoms with E-state index in [1.807, 2.05) is 6.92 Å². The number of hydrogen-bond acceptors (Lipinski definition) is 3. The molecule has 0 aliphatic carbocycles. The molecule has 1 aromatic rings. The fourth-order valence-corrected chi connectivity index (χ4v) is 3.34. The molecule has 0 radical (unpaired) electrons. The lowest BCUT2D eigenvalue weighted by Gasteiger charge is -2.43. The smallest absolute Gasteiger partial charge is 0.354 e. The predicted octanol–water partition coefficient (Wildman–Crippen LogP) is 3.71. The first-order chi connectivity index (χ1) is 12.6. The fourth-order valence-electron chi connectivity index (χ4n) is 3.34. The van der Waals surface area contributed by atoms with Crippen molar-refractivity contribution in [1.29, 1.82) is 0 Å². The van der Waals surface area contributed by atoms with Crippen LogP contribution < -0.4 is 5.32 Å². The summed E-state index contributed by atoms with van der Waals surface area (Å²) in [6, 6.07) is 1.96. The Morgan fingerprint density at radius 1 is 1.30 bits per heavy atom. The summed E-state index contributed by atoms with van der Waals surface area (Å²) in [5.41, 5.74) is -1.94. The van der Waals surface area contributed by atoms with Crippen LogP contribution in [0, 0.1) is 6.92 Å². The Hall–Kier alpha value is -2.12. The first-order valence-corrected chi connectivity index (χ1v) is 9.26. The van der Waals surface area contributed by atoms with E-state index in [0.717, 1.165) is 37.8 Å². The number of aryl methyl sites for hydroxylation is 1. The van der Waals surface area contributed by atoms with Crippen LogP contribution in [-0.4, -0.2) is 40.3 Å². The third kappa shape index (κ3) is 4.59. The maximum atomic E-state index is 13.1. The van der Waals surface area contributed by atoms with Crippen LogP contribution in [0.3, 0.4) is 0 Å². The average Bonchev–Trinajstić information content (AvgIpc) is 2.60. The van der Waals surface area contributed by atoms with E-state index in [2.05, 4.69) is 10.3 Å². The highest BCUT2D eigenvalue weighted by Gasteiger charge is 2.44. The van der Waals surface area contributed by atoms with Gasteiger partial charge in [-0.05, 0) is 51.7 Å². The molecule has 1 atom stereocenters. The Labute approximate surface area is 157 Å². The maximum absolute atomic E-state index is 13.1. The number of halogens is 3. The number of aromatic nitrogens is 1. The zero-order valence-electron chi connectivity index (χ0n) is 15.9. The number of pyridine rings is 1. The van der Waals surface area contributed by atoms with E-state index in [1.54, 1.807) is 6.92 Å². The first kappa shape index (κ1) is 21.2. The van der Waals surface area contributed by atoms with Gasteiger partial charge in [-0.3, -0.25) is 9.59 Å². The van der Waals surface area contributed by atoms with Crippen molar-refractivity contribution in [1.82, 2.24) is 15.2 Å². The number of hydrogen-bond donors (Lipinski definition) is 1. The number of rotatable bonds is 5. The molecule has 27 heavy (non-hydrogen) atoms. The second-order valence-electron chi connectivity index (χ2n) is 7.12. The van der Waals surface area contributed by atoms with Crippen molar-refractivity contribution in [2.24, 2.45) is 0 Å². The van der Waals surface area contributed by atoms with E-state index in [4.69, 9.17) is 0 Å². The molecule has 1 aliphatic rings. The molecule has 2 heterocycles. The van der Waals surface area contributed by atoms with Gasteiger partial charge in [0.05, 0.1) is 11.3 Å². The van der Waals surface area contributed by atoms with Gasteiger partial charge in [0, 0.05) is 13.1 Å². The molecule has 1 aliphatic heterocycles. The van der Waals surface area contributed by atoms with Gasteiger partial charge in [0.1, 0.15) is 11.2 Å². The lowest BCUT2D eigenvalue weighted by Crippen LogP contribution is -2.61. The Balaban J connectivity index is 2.28. The van der Waals surface area contributed by atoms with Gasteiger partial charge in [-0.2, -0.15) is 13.2 Å². The molecule has 0 aromatic carbocycles. The van der Waals surface area contributed by atoms with Crippen molar-refractivity contribution >= 4 is 11.8 Å². The molecule has 1 fully saturated rings. The molecule has 150 valence electrons. The Morgan fingerprint density at radius 3 is 2.59 bits per heavy atom. The van der Waals surface area contributed by atoms with Gasteiger partial charge in [0.2, 0.25) is 5.91 Å². The highest BCUT2D eigenvalue weighted by atomic mass is 19.4. The van der Waals surface area contributed by atoms with Crippen LogP contribution >= 0.6 is 0 Å². The monoisotopic (exact) mass is 385 g/mol. The first-order valence-electron chi connectivity index (χ1n) is 9.26. The molecule has 0 bridgehead atoms. The fraction of sp³-hybridized carbons (Fsp3) is 0.632. The van der Waals surface area contributed by atoms with Crippen LogP contribution in [0.15, 0.2) is 12.1 Å². The minimum atomic E-state index is -4.56. The van der Waals surface area contributed by atoms with Crippen LogP contribution in [0.1, 0.15) is 67.7 Å². The highest BCUT2D eigenvalue weighted by molar-refractivity contribution is 6.00. The van der Waals surface area contributed by atoms with Crippen LogP contribution in [0.4, 0.5) is 13.2 Å². The van der Waals surface area contributed by atoms with Gasteiger partial charge in [-0.15, -0.1) is 0 Å². The second-order valence-corrected chi connectivity index (χ2v) is 7.12. The van der Waals surface area contributed by atoms with Crippen molar-refractivity contribution in [2.45, 2.75) is 64.6 Å². The normalized spacial score (nSPS) is 20.4. The number of alkyl halides is 3. The molecule has 8 heteroatoms. The van der Waals surface area contributed by atoms with Gasteiger partial charge in [-0.1, -0.05) is 13.3 Å². The van der Waals surface area contributed by atoms with Crippen molar-refractivity contribution in [3.63, 3.8) is 0 Å². The molecular formula is C19H26F3N3O2. The summed E-state index contributed by atoms with van der Waals surface area (Å²) in [6.07, 6.45) is -0.703. The molecule has 1 aromatic heterocycles. The Morgan fingerprint density at radius 2 is 2.00 bits per heavy atom. The van der Waals surface area contributed by atoms with E-state index >= 15 is 0 Å². The SMILES string of the molecule is CCCCNC(=O)C1(C)CCCCN1C(=O)c1ccc(C(F)(F)F)nc1C. The molecule has 2 amide bonds. The number of unbranched alkanes of at least 4 members (excludes halogenated alkanes) is 1. The lowest BCUT2D eigenvalue weighted by atomic mass is 9.86. The molecule has 2 rings (SSSR count). The standard InChI is InChI=1S/C19H26F3N3O2/c1-4-5-11-23-17(27)18(3)10-6-7-12-25(18)16(26)14-8-9-15(19(20,21)22)24-13(14)2/h8-9H,4-7,10-12H2,1-3H3,(H,23,27). The minimum Gasteiger partial charge on any atom is -0.354 e. The number of amides is 2. The molecule has 0 spiro atoms. The lowest BCUT2D eigenvalue weighted by molar-refractivity contribution is -0.141. The summed E-state index contributed by atoms with van der Waals surface area (Å²) in [5.74, 6) is -0.678. The van der Waals surface area contributed by atoms with Crippen molar-refractivity contribution in [3.05, 3.63) is 29.1 Å². The maximum Gasteiger partial charge on any atom is 0.433 e. The van der Waals surface area contributed by atoms with E-state index < -0.39 is 23.3 Å². The third-order valence-corrected chi connectivity index (χ3v) is 5.05. The third-order valence-electron chi connectivity index (χ3n) is 5.05. The Kier molecular flexibility index (Phi) is 6.49. The molecule has 1 N–H and O–H groups in total. The number of likely N-dealkylation sites (tertiary alicyclic amines) is 1. The predicted molar refractivity (Wildman–Crippen MR) is 95.2 cm³/mol. The molecule has 5 nitrogen and oxygen atoms in total. The van der Waals surface area contributed by atoms with Gasteiger partial charge in [0.25, 0.3) is 5.91 Å². The number of nitrogens with zero attached hydrogens (tertiary/aromatic N) is 2. The van der Waals surface area contributed by atoms with E-state index in [1.165, 1.54) is 11.8 Å². The van der Waals surface area contributed by atoms with Crippen LogP contribution in [-0.2, 0) is 11.0 Å². The number of carbonyl (C=O) groups is 2. The molecule has 1 saturated heterocycles. The van der Waals surface area contributed by atoms with E-state index in [0.29, 0.717) is 19.5 Å². The summed E-state index contributed by atoms with van der Waals surface area (Å²) in [5, 5.41) is 2.88. The zero-order chi connectivity index (χ0) is 20.2. The molecule has 1 unspecified atom stereocenters. The number of nitrogens with one attached hydrogen (secondary N) is 1. The summed E-state index contributed by atoms with van der Waals surface area (Å²) in [4.78, 5) is 30.8. The van der Waals surface area contributed by atoms with Gasteiger partial charge >= 0.3 is 6.18 Å². The average molecular weight is 385 g/mol. The summed E-state index contributed by atoms with van der Waals surface area (Å²) in [6.45, 7) is 6.04. The van der Waals surface area contributed by atoms with Crippen LogP contribution in [0.25, 0.3) is 0 Å². The number of piperidine rings is 1. The van der Waals surface area contributed by atoms with Crippen LogP contribution in [0.5, 0.6) is 0 Å². The summed E-state index contributed by atoms with van der Waals surface area (Å²) in [7, 11) is 0. The topological polar surface area (TPSA) is 62.3 Å². The molecule has 0 saturated carbocycles. The second kappa shape index (κ2) is 8.27. The molecular weight excluding hydrogens is 359 g/mol. The van der Waals surface area contributed by atoms with Gasteiger partial charge in [-0.25, -0.2) is 4.98 Å². The van der Waals surface area contributed by atoms with Crippen molar-refractivity contribution in [2.75, 3.05) is 13.1 Å². The van der Waals surface area contributed by atoms with Gasteiger partial charge < -0.3 is 10.2 Å².